The fourth-order valence-corrected chi connectivity index (χ4v) is 4.06. The van der Waals surface area contributed by atoms with Crippen LogP contribution in [0.4, 0.5) is 5.82 Å². The van der Waals surface area contributed by atoms with Gasteiger partial charge in [0.15, 0.2) is 0 Å². The van der Waals surface area contributed by atoms with Crippen LogP contribution < -0.4 is 4.90 Å². The highest BCUT2D eigenvalue weighted by molar-refractivity contribution is 5.65. The van der Waals surface area contributed by atoms with Gasteiger partial charge in [0.25, 0.3) is 5.78 Å². The lowest BCUT2D eigenvalue weighted by molar-refractivity contribution is 0.198. The summed E-state index contributed by atoms with van der Waals surface area (Å²) in [5, 5.41) is 4.42. The monoisotopic (exact) mass is 384 g/mol. The van der Waals surface area contributed by atoms with Crippen LogP contribution in [-0.4, -0.2) is 50.7 Å². The van der Waals surface area contributed by atoms with Crippen molar-refractivity contribution in [2.45, 2.75) is 13.0 Å². The van der Waals surface area contributed by atoms with Crippen molar-refractivity contribution in [2.75, 3.05) is 31.1 Å². The molecule has 5 rings (SSSR count). The minimum Gasteiger partial charge on any atom is -0.354 e. The first kappa shape index (κ1) is 17.8. The number of fused-ring (bicyclic) bond motifs is 1. The largest absolute Gasteiger partial charge is 0.354 e. The Kier molecular flexibility index (Phi) is 4.69. The summed E-state index contributed by atoms with van der Waals surface area (Å²) < 4.78 is 1.85. The normalized spacial score (nSPS) is 16.2. The van der Waals surface area contributed by atoms with Crippen molar-refractivity contribution in [3.63, 3.8) is 0 Å². The van der Waals surface area contributed by atoms with Crippen molar-refractivity contribution in [1.82, 2.24) is 24.5 Å². The molecule has 0 spiro atoms. The Balaban J connectivity index is 1.40. The van der Waals surface area contributed by atoms with Crippen LogP contribution in [-0.2, 0) is 0 Å². The molecule has 0 N–H and O–H groups in total. The van der Waals surface area contributed by atoms with E-state index in [9.17, 15) is 0 Å². The maximum Gasteiger partial charge on any atom is 0.254 e. The second kappa shape index (κ2) is 7.64. The minimum absolute atomic E-state index is 0.419. The third-order valence-electron chi connectivity index (χ3n) is 5.77. The van der Waals surface area contributed by atoms with Gasteiger partial charge in [0.2, 0.25) is 0 Å². The van der Waals surface area contributed by atoms with Crippen molar-refractivity contribution in [3.05, 3.63) is 78.6 Å². The summed E-state index contributed by atoms with van der Waals surface area (Å²) >= 11 is 0. The number of hydrogen-bond donors (Lipinski definition) is 0. The first-order valence-corrected chi connectivity index (χ1v) is 10.1. The molecular weight excluding hydrogens is 360 g/mol. The summed E-state index contributed by atoms with van der Waals surface area (Å²) in [6.07, 6.45) is 1.58. The standard InChI is InChI=1S/C23H24N6/c1-18(19-8-4-2-5-9-19)27-12-14-28(15-13-27)22-16-21(20-10-6-3-7-11-20)26-23-24-17-25-29(22)23/h2-11,16-18H,12-15H2,1H3/t18-/m1/s1. The van der Waals surface area contributed by atoms with Crippen LogP contribution in [0.1, 0.15) is 18.5 Å². The van der Waals surface area contributed by atoms with Crippen molar-refractivity contribution in [2.24, 2.45) is 0 Å². The zero-order valence-electron chi connectivity index (χ0n) is 16.5. The Morgan fingerprint density at radius 3 is 2.28 bits per heavy atom. The Morgan fingerprint density at radius 1 is 0.862 bits per heavy atom. The van der Waals surface area contributed by atoms with Crippen molar-refractivity contribution < 1.29 is 0 Å². The molecule has 4 aromatic rings. The van der Waals surface area contributed by atoms with Crippen LogP contribution in [0.5, 0.6) is 0 Å². The first-order valence-electron chi connectivity index (χ1n) is 10.1. The van der Waals surface area contributed by atoms with Gasteiger partial charge in [-0.15, -0.1) is 0 Å². The lowest BCUT2D eigenvalue weighted by atomic mass is 10.1. The van der Waals surface area contributed by atoms with E-state index in [-0.39, 0.29) is 0 Å². The van der Waals surface area contributed by atoms with E-state index in [1.54, 1.807) is 6.33 Å². The second-order valence-electron chi connectivity index (χ2n) is 7.45. The molecule has 146 valence electrons. The van der Waals surface area contributed by atoms with E-state index in [2.05, 4.69) is 75.3 Å². The highest BCUT2D eigenvalue weighted by atomic mass is 15.4. The van der Waals surface area contributed by atoms with Crippen molar-refractivity contribution in [3.8, 4) is 11.3 Å². The van der Waals surface area contributed by atoms with E-state index in [1.165, 1.54) is 5.56 Å². The zero-order valence-corrected chi connectivity index (χ0v) is 16.5. The van der Waals surface area contributed by atoms with Crippen LogP contribution in [0.2, 0.25) is 0 Å². The van der Waals surface area contributed by atoms with Crippen LogP contribution in [0.3, 0.4) is 0 Å². The molecule has 1 aliphatic rings. The summed E-state index contributed by atoms with van der Waals surface area (Å²) in [6.45, 7) is 6.21. The Morgan fingerprint density at radius 2 is 1.55 bits per heavy atom. The van der Waals surface area contributed by atoms with Gasteiger partial charge in [0.05, 0.1) is 5.69 Å². The molecule has 0 unspecified atom stereocenters. The predicted molar refractivity (Wildman–Crippen MR) is 115 cm³/mol. The number of aromatic nitrogens is 4. The van der Waals surface area contributed by atoms with Gasteiger partial charge in [-0.1, -0.05) is 60.7 Å². The second-order valence-corrected chi connectivity index (χ2v) is 7.45. The van der Waals surface area contributed by atoms with Crippen LogP contribution in [0, 0.1) is 0 Å². The lowest BCUT2D eigenvalue weighted by Crippen LogP contribution is -2.47. The molecule has 6 nitrogen and oxygen atoms in total. The molecule has 2 aromatic carbocycles. The molecule has 0 saturated carbocycles. The van der Waals surface area contributed by atoms with Gasteiger partial charge in [-0.05, 0) is 12.5 Å². The number of hydrogen-bond acceptors (Lipinski definition) is 5. The summed E-state index contributed by atoms with van der Waals surface area (Å²) in [4.78, 5) is 14.0. The molecule has 1 saturated heterocycles. The number of anilines is 1. The van der Waals surface area contributed by atoms with Gasteiger partial charge in [0, 0.05) is 43.9 Å². The molecule has 6 heteroatoms. The quantitative estimate of drug-likeness (QED) is 0.537. The molecule has 29 heavy (non-hydrogen) atoms. The molecule has 3 heterocycles. The third kappa shape index (κ3) is 3.47. The average molecular weight is 384 g/mol. The molecule has 0 bridgehead atoms. The topological polar surface area (TPSA) is 49.6 Å². The zero-order chi connectivity index (χ0) is 19.6. The van der Waals surface area contributed by atoms with Gasteiger partial charge in [0.1, 0.15) is 12.1 Å². The highest BCUT2D eigenvalue weighted by Crippen LogP contribution is 2.26. The van der Waals surface area contributed by atoms with Crippen molar-refractivity contribution >= 4 is 11.6 Å². The fourth-order valence-electron chi connectivity index (χ4n) is 4.06. The molecule has 0 amide bonds. The van der Waals surface area contributed by atoms with Crippen LogP contribution in [0.25, 0.3) is 17.0 Å². The predicted octanol–water partition coefficient (Wildman–Crippen LogP) is 3.67. The van der Waals surface area contributed by atoms with E-state index in [0.29, 0.717) is 11.8 Å². The molecular formula is C23H24N6. The molecule has 1 atom stereocenters. The summed E-state index contributed by atoms with van der Waals surface area (Å²) in [6, 6.07) is 23.5. The Hall–Kier alpha value is -3.25. The fraction of sp³-hybridized carbons (Fsp3) is 0.261. The van der Waals surface area contributed by atoms with Crippen LogP contribution >= 0.6 is 0 Å². The van der Waals surface area contributed by atoms with Gasteiger partial charge in [-0.3, -0.25) is 4.90 Å². The highest BCUT2D eigenvalue weighted by Gasteiger charge is 2.24. The molecule has 1 aliphatic heterocycles. The maximum absolute atomic E-state index is 4.70. The van der Waals surface area contributed by atoms with E-state index in [0.717, 1.165) is 43.3 Å². The molecule has 1 fully saturated rings. The number of rotatable bonds is 4. The Labute approximate surface area is 170 Å². The number of benzene rings is 2. The smallest absolute Gasteiger partial charge is 0.254 e. The van der Waals surface area contributed by atoms with E-state index in [4.69, 9.17) is 4.98 Å². The summed E-state index contributed by atoms with van der Waals surface area (Å²) in [5.74, 6) is 1.69. The SMILES string of the molecule is C[C@H](c1ccccc1)N1CCN(c2cc(-c3ccccc3)nc3ncnn23)CC1. The van der Waals surface area contributed by atoms with Gasteiger partial charge < -0.3 is 4.90 Å². The lowest BCUT2D eigenvalue weighted by Gasteiger charge is -2.39. The molecule has 0 aliphatic carbocycles. The van der Waals surface area contributed by atoms with Gasteiger partial charge in [-0.25, -0.2) is 4.98 Å². The van der Waals surface area contributed by atoms with Gasteiger partial charge in [-0.2, -0.15) is 14.6 Å². The first-order chi connectivity index (χ1) is 14.3. The van der Waals surface area contributed by atoms with E-state index < -0.39 is 0 Å². The Bertz CT molecular complexity index is 1080. The van der Waals surface area contributed by atoms with Crippen LogP contribution in [0.15, 0.2) is 73.1 Å². The van der Waals surface area contributed by atoms with E-state index in [1.807, 2.05) is 22.7 Å². The molecule has 0 radical (unpaired) electrons. The summed E-state index contributed by atoms with van der Waals surface area (Å²) in [5.41, 5.74) is 3.40. The van der Waals surface area contributed by atoms with Crippen molar-refractivity contribution in [1.29, 1.82) is 0 Å². The van der Waals surface area contributed by atoms with Gasteiger partial charge >= 0.3 is 0 Å². The number of nitrogens with zero attached hydrogens (tertiary/aromatic N) is 6. The van der Waals surface area contributed by atoms with E-state index >= 15 is 0 Å². The maximum atomic E-state index is 4.70. The average Bonchev–Trinajstić information content (AvgIpc) is 3.28. The number of piperazine rings is 1. The minimum atomic E-state index is 0.419. The summed E-state index contributed by atoms with van der Waals surface area (Å²) in [7, 11) is 0. The molecule has 2 aromatic heterocycles. The third-order valence-corrected chi connectivity index (χ3v) is 5.77.